The average Bonchev–Trinajstić information content (AvgIpc) is 2.22. The third-order valence-corrected chi connectivity index (χ3v) is 3.14. The highest BCUT2D eigenvalue weighted by atomic mass is 32.2. The van der Waals surface area contributed by atoms with Crippen LogP contribution in [0.2, 0.25) is 0 Å². The lowest BCUT2D eigenvalue weighted by atomic mass is 10.1. The molecule has 80 valence electrons. The quantitative estimate of drug-likeness (QED) is 0.704. The summed E-state index contributed by atoms with van der Waals surface area (Å²) in [6.07, 6.45) is 11.3. The van der Waals surface area contributed by atoms with Crippen molar-refractivity contribution in [3.05, 3.63) is 35.6 Å². The topological polar surface area (TPSA) is 26.0 Å². The molecule has 0 heterocycles. The first-order chi connectivity index (χ1) is 6.65. The Morgan fingerprint density at radius 2 is 2.14 bits per heavy atom. The van der Waals surface area contributed by atoms with Crippen molar-refractivity contribution in [2.45, 2.75) is 32.4 Å². The van der Waals surface area contributed by atoms with Gasteiger partial charge >= 0.3 is 0 Å². The van der Waals surface area contributed by atoms with E-state index < -0.39 is 0 Å². The Bertz CT molecular complexity index is 239. The molecule has 0 aliphatic rings. The molecule has 0 bridgehead atoms. The van der Waals surface area contributed by atoms with Crippen molar-refractivity contribution in [3.8, 4) is 0 Å². The maximum Gasteiger partial charge on any atom is 0.0263 e. The third kappa shape index (κ3) is 5.18. The number of hydrogen-bond acceptors (Lipinski definition) is 2. The lowest BCUT2D eigenvalue weighted by Crippen LogP contribution is -1.97. The van der Waals surface area contributed by atoms with Gasteiger partial charge in [0.2, 0.25) is 0 Å². The molecule has 14 heavy (non-hydrogen) atoms. The van der Waals surface area contributed by atoms with E-state index in [1.54, 1.807) is 0 Å². The molecule has 0 fully saturated rings. The molecule has 0 rings (SSSR count). The van der Waals surface area contributed by atoms with E-state index in [9.17, 15) is 0 Å². The molecule has 0 aromatic carbocycles. The molecule has 0 saturated carbocycles. The van der Waals surface area contributed by atoms with Crippen LogP contribution in [-0.2, 0) is 0 Å². The van der Waals surface area contributed by atoms with E-state index in [1.807, 2.05) is 23.9 Å². The summed E-state index contributed by atoms with van der Waals surface area (Å²) in [7, 11) is 0. The molecule has 1 atom stereocenters. The van der Waals surface area contributed by atoms with Crippen LogP contribution in [0.4, 0.5) is 0 Å². The molecule has 0 aliphatic heterocycles. The van der Waals surface area contributed by atoms with Gasteiger partial charge in [0.1, 0.15) is 0 Å². The predicted octanol–water partition coefficient (Wildman–Crippen LogP) is 3.49. The van der Waals surface area contributed by atoms with Gasteiger partial charge in [-0.2, -0.15) is 11.8 Å². The van der Waals surface area contributed by atoms with E-state index in [-0.39, 0.29) is 0 Å². The molecule has 0 saturated heterocycles. The Balaban J connectivity index is 4.34. The zero-order valence-electron chi connectivity index (χ0n) is 9.58. The Morgan fingerprint density at radius 3 is 2.57 bits per heavy atom. The standard InChI is InChI=1S/C12H21NS/c1-5-11(10(3)14-4)8-7-9-12(13)6-2/h5,7-10H,6,13H2,1-4H3/b8-7-,11-5+,12-9-. The molecule has 2 heteroatoms. The number of thioether (sulfide) groups is 1. The number of hydrogen-bond donors (Lipinski definition) is 1. The van der Waals surface area contributed by atoms with Crippen LogP contribution in [0.25, 0.3) is 0 Å². The van der Waals surface area contributed by atoms with Crippen LogP contribution in [-0.4, -0.2) is 11.5 Å². The second kappa shape index (κ2) is 7.74. The Hall–Kier alpha value is -0.630. The highest BCUT2D eigenvalue weighted by molar-refractivity contribution is 7.99. The van der Waals surface area contributed by atoms with Gasteiger partial charge in [0.05, 0.1) is 0 Å². The molecule has 2 N–H and O–H groups in total. The van der Waals surface area contributed by atoms with Crippen molar-refractivity contribution >= 4 is 11.8 Å². The van der Waals surface area contributed by atoms with Crippen LogP contribution in [0.1, 0.15) is 27.2 Å². The summed E-state index contributed by atoms with van der Waals surface area (Å²) in [5, 5.41) is 0.549. The van der Waals surface area contributed by atoms with Crippen LogP contribution in [0.5, 0.6) is 0 Å². The zero-order valence-corrected chi connectivity index (χ0v) is 10.4. The predicted molar refractivity (Wildman–Crippen MR) is 68.4 cm³/mol. The van der Waals surface area contributed by atoms with Crippen molar-refractivity contribution in [2.24, 2.45) is 5.73 Å². The molecular formula is C12H21NS. The fourth-order valence-corrected chi connectivity index (χ4v) is 1.49. The number of allylic oxidation sites excluding steroid dienone is 5. The van der Waals surface area contributed by atoms with E-state index in [0.29, 0.717) is 5.25 Å². The maximum absolute atomic E-state index is 5.69. The molecule has 0 aliphatic carbocycles. The number of nitrogens with two attached hydrogens (primary N) is 1. The first-order valence-corrected chi connectivity index (χ1v) is 6.26. The largest absolute Gasteiger partial charge is 0.402 e. The normalized spacial score (nSPS) is 16.3. The first kappa shape index (κ1) is 13.4. The highest BCUT2D eigenvalue weighted by Gasteiger charge is 2.00. The SMILES string of the molecule is C\C=C(/C=C\C=C(/N)CC)C(C)SC. The van der Waals surface area contributed by atoms with Gasteiger partial charge in [0.25, 0.3) is 0 Å². The lowest BCUT2D eigenvalue weighted by molar-refractivity contribution is 1.07. The van der Waals surface area contributed by atoms with E-state index in [1.165, 1.54) is 5.57 Å². The van der Waals surface area contributed by atoms with E-state index in [2.05, 4.69) is 39.2 Å². The minimum Gasteiger partial charge on any atom is -0.402 e. The molecule has 1 nitrogen and oxygen atoms in total. The number of rotatable bonds is 5. The molecule has 1 unspecified atom stereocenters. The van der Waals surface area contributed by atoms with E-state index >= 15 is 0 Å². The van der Waals surface area contributed by atoms with Gasteiger partial charge in [-0.3, -0.25) is 0 Å². The van der Waals surface area contributed by atoms with Crippen molar-refractivity contribution in [2.75, 3.05) is 6.26 Å². The van der Waals surface area contributed by atoms with Gasteiger partial charge in [-0.25, -0.2) is 0 Å². The van der Waals surface area contributed by atoms with Crippen LogP contribution < -0.4 is 5.73 Å². The van der Waals surface area contributed by atoms with Crippen LogP contribution in [0.15, 0.2) is 35.6 Å². The van der Waals surface area contributed by atoms with Gasteiger partial charge in [0.15, 0.2) is 0 Å². The monoisotopic (exact) mass is 211 g/mol. The fraction of sp³-hybridized carbons (Fsp3) is 0.500. The summed E-state index contributed by atoms with van der Waals surface area (Å²) in [4.78, 5) is 0. The molecular weight excluding hydrogens is 190 g/mol. The summed E-state index contributed by atoms with van der Waals surface area (Å²) >= 11 is 1.85. The summed E-state index contributed by atoms with van der Waals surface area (Å²) in [5.74, 6) is 0. The van der Waals surface area contributed by atoms with E-state index in [0.717, 1.165) is 12.1 Å². The smallest absolute Gasteiger partial charge is 0.0263 e. The Morgan fingerprint density at radius 1 is 1.50 bits per heavy atom. The maximum atomic E-state index is 5.69. The minimum atomic E-state index is 0.549. The average molecular weight is 211 g/mol. The molecule has 0 aromatic rings. The van der Waals surface area contributed by atoms with Gasteiger partial charge < -0.3 is 5.73 Å². The van der Waals surface area contributed by atoms with Crippen molar-refractivity contribution in [1.82, 2.24) is 0 Å². The van der Waals surface area contributed by atoms with Crippen LogP contribution in [0.3, 0.4) is 0 Å². The van der Waals surface area contributed by atoms with Gasteiger partial charge in [-0.05, 0) is 38.2 Å². The molecule has 0 radical (unpaired) electrons. The summed E-state index contributed by atoms with van der Waals surface area (Å²) in [6.45, 7) is 6.33. The summed E-state index contributed by atoms with van der Waals surface area (Å²) < 4.78 is 0. The van der Waals surface area contributed by atoms with Crippen LogP contribution in [0, 0.1) is 0 Å². The van der Waals surface area contributed by atoms with Gasteiger partial charge in [-0.15, -0.1) is 0 Å². The fourth-order valence-electron chi connectivity index (χ4n) is 1.00. The molecule has 0 amide bonds. The molecule has 0 spiro atoms. The summed E-state index contributed by atoms with van der Waals surface area (Å²) in [6, 6.07) is 0. The second-order valence-electron chi connectivity index (χ2n) is 3.12. The Kier molecular flexibility index (Phi) is 7.40. The van der Waals surface area contributed by atoms with Gasteiger partial charge in [-0.1, -0.05) is 25.2 Å². The molecule has 0 aromatic heterocycles. The van der Waals surface area contributed by atoms with Crippen LogP contribution >= 0.6 is 11.8 Å². The van der Waals surface area contributed by atoms with E-state index in [4.69, 9.17) is 5.73 Å². The highest BCUT2D eigenvalue weighted by Crippen LogP contribution is 2.16. The van der Waals surface area contributed by atoms with Gasteiger partial charge in [0, 0.05) is 10.9 Å². The Labute approximate surface area is 92.1 Å². The zero-order chi connectivity index (χ0) is 11.0. The second-order valence-corrected chi connectivity index (χ2v) is 4.30. The van der Waals surface area contributed by atoms with Crippen molar-refractivity contribution in [1.29, 1.82) is 0 Å². The third-order valence-electron chi connectivity index (χ3n) is 2.16. The minimum absolute atomic E-state index is 0.549. The van der Waals surface area contributed by atoms with Crippen molar-refractivity contribution < 1.29 is 0 Å². The first-order valence-electron chi connectivity index (χ1n) is 4.97. The van der Waals surface area contributed by atoms with Crippen molar-refractivity contribution in [3.63, 3.8) is 0 Å². The lowest BCUT2D eigenvalue weighted by Gasteiger charge is -2.08. The summed E-state index contributed by atoms with van der Waals surface area (Å²) in [5.41, 5.74) is 7.96.